The Balaban J connectivity index is 2.28. The third-order valence-electron chi connectivity index (χ3n) is 2.17. The number of aryl methyl sites for hydroxylation is 1. The van der Waals surface area contributed by atoms with Crippen LogP contribution in [-0.4, -0.2) is 19.8 Å². The minimum atomic E-state index is 0.788. The van der Waals surface area contributed by atoms with Gasteiger partial charge in [-0.2, -0.15) is 0 Å². The average Bonchev–Trinajstić information content (AvgIpc) is 2.23. The molecule has 0 amide bonds. The molecule has 0 saturated heterocycles. The Morgan fingerprint density at radius 3 is 2.87 bits per heavy atom. The van der Waals surface area contributed by atoms with Crippen molar-refractivity contribution in [2.45, 2.75) is 20.3 Å². The van der Waals surface area contributed by atoms with Crippen LogP contribution in [0.4, 0.5) is 5.69 Å². The number of halogens is 1. The highest BCUT2D eigenvalue weighted by atomic mass is 35.5. The molecule has 15 heavy (non-hydrogen) atoms. The van der Waals surface area contributed by atoms with E-state index in [0.717, 1.165) is 42.5 Å². The zero-order valence-corrected chi connectivity index (χ0v) is 10.1. The van der Waals surface area contributed by atoms with Gasteiger partial charge >= 0.3 is 0 Å². The van der Waals surface area contributed by atoms with Crippen molar-refractivity contribution in [2.75, 3.05) is 25.1 Å². The molecule has 3 heteroatoms. The second kappa shape index (κ2) is 6.70. The molecule has 1 rings (SSSR count). The van der Waals surface area contributed by atoms with Crippen LogP contribution < -0.4 is 5.32 Å². The first-order valence-corrected chi connectivity index (χ1v) is 5.69. The van der Waals surface area contributed by atoms with Gasteiger partial charge in [-0.05, 0) is 38.0 Å². The predicted octanol–water partition coefficient (Wildman–Crippen LogP) is 3.49. The fraction of sp³-hybridized carbons (Fsp3) is 0.500. The average molecular weight is 228 g/mol. The van der Waals surface area contributed by atoms with Gasteiger partial charge in [0.15, 0.2) is 0 Å². The van der Waals surface area contributed by atoms with Gasteiger partial charge < -0.3 is 10.1 Å². The van der Waals surface area contributed by atoms with Gasteiger partial charge in [0.1, 0.15) is 0 Å². The SMILES string of the molecule is CCOCCCNc1ccc(C)c(Cl)c1. The molecule has 0 aromatic heterocycles. The molecule has 0 aliphatic carbocycles. The van der Waals surface area contributed by atoms with Crippen molar-refractivity contribution in [3.05, 3.63) is 28.8 Å². The Morgan fingerprint density at radius 1 is 1.40 bits per heavy atom. The molecule has 84 valence electrons. The van der Waals surface area contributed by atoms with E-state index in [4.69, 9.17) is 16.3 Å². The molecule has 0 fully saturated rings. The van der Waals surface area contributed by atoms with Crippen molar-refractivity contribution < 1.29 is 4.74 Å². The normalized spacial score (nSPS) is 10.3. The molecule has 0 heterocycles. The van der Waals surface area contributed by atoms with E-state index >= 15 is 0 Å². The Bertz CT molecular complexity index is 302. The molecule has 0 aliphatic rings. The van der Waals surface area contributed by atoms with Crippen molar-refractivity contribution in [1.82, 2.24) is 0 Å². The number of hydrogen-bond donors (Lipinski definition) is 1. The van der Waals surface area contributed by atoms with E-state index in [0.29, 0.717) is 0 Å². The second-order valence-corrected chi connectivity index (χ2v) is 3.85. The summed E-state index contributed by atoms with van der Waals surface area (Å²) in [5.41, 5.74) is 2.18. The van der Waals surface area contributed by atoms with Crippen LogP contribution in [0, 0.1) is 6.92 Å². The van der Waals surface area contributed by atoms with Gasteiger partial charge in [0, 0.05) is 30.5 Å². The maximum Gasteiger partial charge on any atom is 0.0482 e. The monoisotopic (exact) mass is 227 g/mol. The molecule has 1 N–H and O–H groups in total. The van der Waals surface area contributed by atoms with Crippen LogP contribution in [0.2, 0.25) is 5.02 Å². The van der Waals surface area contributed by atoms with Gasteiger partial charge in [-0.1, -0.05) is 17.7 Å². The minimum Gasteiger partial charge on any atom is -0.385 e. The van der Waals surface area contributed by atoms with Gasteiger partial charge in [-0.25, -0.2) is 0 Å². The maximum atomic E-state index is 6.01. The van der Waals surface area contributed by atoms with E-state index in [1.165, 1.54) is 0 Å². The van der Waals surface area contributed by atoms with Crippen molar-refractivity contribution in [3.63, 3.8) is 0 Å². The van der Waals surface area contributed by atoms with Crippen molar-refractivity contribution in [3.8, 4) is 0 Å². The van der Waals surface area contributed by atoms with Gasteiger partial charge in [-0.15, -0.1) is 0 Å². The Hall–Kier alpha value is -0.730. The van der Waals surface area contributed by atoms with Gasteiger partial charge in [0.05, 0.1) is 0 Å². The highest BCUT2D eigenvalue weighted by Crippen LogP contribution is 2.19. The molecular formula is C12H18ClNO. The minimum absolute atomic E-state index is 0.788. The summed E-state index contributed by atoms with van der Waals surface area (Å²) >= 11 is 6.01. The molecule has 0 unspecified atom stereocenters. The van der Waals surface area contributed by atoms with E-state index in [1.807, 2.05) is 32.0 Å². The molecule has 0 aliphatic heterocycles. The highest BCUT2D eigenvalue weighted by Gasteiger charge is 1.96. The lowest BCUT2D eigenvalue weighted by Crippen LogP contribution is -2.05. The first kappa shape index (κ1) is 12.3. The Labute approximate surface area is 96.6 Å². The van der Waals surface area contributed by atoms with Crippen LogP contribution in [0.25, 0.3) is 0 Å². The Morgan fingerprint density at radius 2 is 2.20 bits per heavy atom. The van der Waals surface area contributed by atoms with Crippen LogP contribution in [0.1, 0.15) is 18.9 Å². The molecule has 0 saturated carbocycles. The molecule has 1 aromatic carbocycles. The molecule has 0 spiro atoms. The zero-order valence-electron chi connectivity index (χ0n) is 9.35. The van der Waals surface area contributed by atoms with E-state index in [2.05, 4.69) is 5.32 Å². The van der Waals surface area contributed by atoms with Crippen LogP contribution >= 0.6 is 11.6 Å². The van der Waals surface area contributed by atoms with Crippen LogP contribution in [-0.2, 0) is 4.74 Å². The molecule has 0 radical (unpaired) electrons. The topological polar surface area (TPSA) is 21.3 Å². The molecular weight excluding hydrogens is 210 g/mol. The van der Waals surface area contributed by atoms with Gasteiger partial charge in [0.25, 0.3) is 0 Å². The second-order valence-electron chi connectivity index (χ2n) is 3.44. The van der Waals surface area contributed by atoms with Gasteiger partial charge in [-0.3, -0.25) is 0 Å². The van der Waals surface area contributed by atoms with E-state index in [1.54, 1.807) is 0 Å². The molecule has 1 aromatic rings. The summed E-state index contributed by atoms with van der Waals surface area (Å²) in [5.74, 6) is 0. The number of anilines is 1. The first-order valence-electron chi connectivity index (χ1n) is 5.32. The smallest absolute Gasteiger partial charge is 0.0482 e. The predicted molar refractivity (Wildman–Crippen MR) is 65.8 cm³/mol. The summed E-state index contributed by atoms with van der Waals surface area (Å²) < 4.78 is 5.25. The summed E-state index contributed by atoms with van der Waals surface area (Å²) in [6, 6.07) is 6.02. The summed E-state index contributed by atoms with van der Waals surface area (Å²) in [6.45, 7) is 6.52. The zero-order chi connectivity index (χ0) is 11.1. The fourth-order valence-electron chi connectivity index (χ4n) is 1.25. The van der Waals surface area contributed by atoms with Crippen molar-refractivity contribution in [1.29, 1.82) is 0 Å². The molecule has 0 bridgehead atoms. The summed E-state index contributed by atoms with van der Waals surface area (Å²) in [4.78, 5) is 0. The lowest BCUT2D eigenvalue weighted by molar-refractivity contribution is 0.147. The van der Waals surface area contributed by atoms with Gasteiger partial charge in [0.2, 0.25) is 0 Å². The van der Waals surface area contributed by atoms with E-state index in [9.17, 15) is 0 Å². The van der Waals surface area contributed by atoms with E-state index in [-0.39, 0.29) is 0 Å². The summed E-state index contributed by atoms with van der Waals surface area (Å²) in [5, 5.41) is 4.12. The number of hydrogen-bond acceptors (Lipinski definition) is 2. The fourth-order valence-corrected chi connectivity index (χ4v) is 1.43. The highest BCUT2D eigenvalue weighted by molar-refractivity contribution is 6.31. The molecule has 0 atom stereocenters. The van der Waals surface area contributed by atoms with Crippen LogP contribution in [0.3, 0.4) is 0 Å². The summed E-state index contributed by atoms with van der Waals surface area (Å²) in [7, 11) is 0. The largest absolute Gasteiger partial charge is 0.385 e. The maximum absolute atomic E-state index is 6.01. The lowest BCUT2D eigenvalue weighted by Gasteiger charge is -2.07. The molecule has 2 nitrogen and oxygen atoms in total. The lowest BCUT2D eigenvalue weighted by atomic mass is 10.2. The van der Waals surface area contributed by atoms with Crippen LogP contribution in [0.5, 0.6) is 0 Å². The van der Waals surface area contributed by atoms with E-state index < -0.39 is 0 Å². The third kappa shape index (κ3) is 4.54. The number of benzene rings is 1. The van der Waals surface area contributed by atoms with Crippen molar-refractivity contribution in [2.24, 2.45) is 0 Å². The first-order chi connectivity index (χ1) is 7.24. The van der Waals surface area contributed by atoms with Crippen LogP contribution in [0.15, 0.2) is 18.2 Å². The summed E-state index contributed by atoms with van der Waals surface area (Å²) in [6.07, 6.45) is 1.01. The Kier molecular flexibility index (Phi) is 5.51. The number of nitrogens with one attached hydrogen (secondary N) is 1. The number of rotatable bonds is 6. The standard InChI is InChI=1S/C12H18ClNO/c1-3-15-8-4-7-14-11-6-5-10(2)12(13)9-11/h5-6,9,14H,3-4,7-8H2,1-2H3. The third-order valence-corrected chi connectivity index (χ3v) is 2.58. The quantitative estimate of drug-likeness (QED) is 0.752. The number of ether oxygens (including phenoxy) is 1. The van der Waals surface area contributed by atoms with Crippen molar-refractivity contribution >= 4 is 17.3 Å².